The molecule has 0 aromatic carbocycles. The third-order valence-electron chi connectivity index (χ3n) is 3.65. The molecule has 2 aliphatic rings. The fourth-order valence-electron chi connectivity index (χ4n) is 2.44. The number of carbonyl (C=O) groups excluding carboxylic acids is 2. The molecule has 1 heterocycles. The van der Waals surface area contributed by atoms with Gasteiger partial charge in [-0.3, -0.25) is 9.59 Å². The minimum absolute atomic E-state index is 0.0184. The Labute approximate surface area is 97.9 Å². The van der Waals surface area contributed by atoms with Crippen LogP contribution in [0.1, 0.15) is 25.7 Å². The lowest BCUT2D eigenvalue weighted by atomic mass is 9.67. The number of rotatable bonds is 2. The Kier molecular flexibility index (Phi) is 2.83. The summed E-state index contributed by atoms with van der Waals surface area (Å²) in [6.07, 6.45) is 1.24. The average Bonchev–Trinajstić information content (AvgIpc) is 2.56. The summed E-state index contributed by atoms with van der Waals surface area (Å²) in [6.45, 7) is -0.560. The molecule has 1 saturated carbocycles. The molecule has 0 N–H and O–H groups in total. The zero-order valence-corrected chi connectivity index (χ0v) is 9.67. The SMILES string of the molecule is COC(=O)C1(C(=O)N2CCC(F)(F)C2)CCC1. The van der Waals surface area contributed by atoms with E-state index in [1.807, 2.05) is 0 Å². The topological polar surface area (TPSA) is 46.6 Å². The molecule has 1 aliphatic heterocycles. The Hall–Kier alpha value is -1.20. The van der Waals surface area contributed by atoms with Crippen molar-refractivity contribution in [3.63, 3.8) is 0 Å². The Balaban J connectivity index is 2.11. The van der Waals surface area contributed by atoms with Crippen LogP contribution in [-0.4, -0.2) is 42.9 Å². The van der Waals surface area contributed by atoms with Gasteiger partial charge >= 0.3 is 5.97 Å². The lowest BCUT2D eigenvalue weighted by molar-refractivity contribution is -0.170. The zero-order valence-electron chi connectivity index (χ0n) is 9.67. The molecule has 6 heteroatoms. The largest absolute Gasteiger partial charge is 0.468 e. The van der Waals surface area contributed by atoms with Crippen molar-refractivity contribution < 1.29 is 23.1 Å². The number of carbonyl (C=O) groups is 2. The number of alkyl halides is 2. The van der Waals surface area contributed by atoms with Crippen LogP contribution < -0.4 is 0 Å². The number of methoxy groups -OCH3 is 1. The summed E-state index contributed by atoms with van der Waals surface area (Å²) in [5, 5.41) is 0. The Morgan fingerprint density at radius 1 is 1.24 bits per heavy atom. The number of likely N-dealkylation sites (tertiary alicyclic amines) is 1. The monoisotopic (exact) mass is 247 g/mol. The summed E-state index contributed by atoms with van der Waals surface area (Å²) in [5.74, 6) is -3.91. The van der Waals surface area contributed by atoms with Crippen molar-refractivity contribution in [1.29, 1.82) is 0 Å². The van der Waals surface area contributed by atoms with Gasteiger partial charge in [0.1, 0.15) is 5.41 Å². The highest BCUT2D eigenvalue weighted by Gasteiger charge is 2.55. The van der Waals surface area contributed by atoms with Crippen LogP contribution in [0.3, 0.4) is 0 Å². The second-order valence-electron chi connectivity index (χ2n) is 4.76. The molecule has 0 aromatic heterocycles. The molecule has 2 fully saturated rings. The molecular weight excluding hydrogens is 232 g/mol. The molecule has 4 nitrogen and oxygen atoms in total. The number of nitrogens with zero attached hydrogens (tertiary/aromatic N) is 1. The fourth-order valence-corrected chi connectivity index (χ4v) is 2.44. The number of hydrogen-bond donors (Lipinski definition) is 0. The summed E-state index contributed by atoms with van der Waals surface area (Å²) in [7, 11) is 1.22. The molecule has 0 unspecified atom stereocenters. The van der Waals surface area contributed by atoms with Crippen molar-refractivity contribution in [2.24, 2.45) is 5.41 Å². The molecule has 1 aliphatic carbocycles. The van der Waals surface area contributed by atoms with Crippen molar-refractivity contribution in [2.45, 2.75) is 31.6 Å². The molecule has 2 rings (SSSR count). The molecule has 1 saturated heterocycles. The van der Waals surface area contributed by atoms with Gasteiger partial charge in [0.2, 0.25) is 5.91 Å². The van der Waals surface area contributed by atoms with Crippen LogP contribution in [-0.2, 0) is 14.3 Å². The minimum Gasteiger partial charge on any atom is -0.468 e. The van der Waals surface area contributed by atoms with Gasteiger partial charge < -0.3 is 9.64 Å². The minimum atomic E-state index is -2.82. The van der Waals surface area contributed by atoms with Gasteiger partial charge in [-0.05, 0) is 12.8 Å². The van der Waals surface area contributed by atoms with E-state index in [9.17, 15) is 18.4 Å². The summed E-state index contributed by atoms with van der Waals surface area (Å²) in [5.41, 5.74) is -1.19. The van der Waals surface area contributed by atoms with Crippen molar-refractivity contribution in [3.05, 3.63) is 0 Å². The molecule has 0 spiro atoms. The highest BCUT2D eigenvalue weighted by molar-refractivity contribution is 6.03. The predicted octanol–water partition coefficient (Wildman–Crippen LogP) is 1.20. The van der Waals surface area contributed by atoms with Gasteiger partial charge in [-0.1, -0.05) is 6.42 Å². The Bertz CT molecular complexity index is 353. The van der Waals surface area contributed by atoms with Crippen molar-refractivity contribution in [3.8, 4) is 0 Å². The van der Waals surface area contributed by atoms with Crippen LogP contribution in [0.15, 0.2) is 0 Å². The fraction of sp³-hybridized carbons (Fsp3) is 0.818. The van der Waals surface area contributed by atoms with Crippen LogP contribution in [0.4, 0.5) is 8.78 Å². The maximum atomic E-state index is 13.0. The molecule has 0 bridgehead atoms. The van der Waals surface area contributed by atoms with E-state index in [1.165, 1.54) is 7.11 Å². The number of esters is 1. The third kappa shape index (κ3) is 1.89. The summed E-state index contributed by atoms with van der Waals surface area (Å²) in [6, 6.07) is 0. The number of ether oxygens (including phenoxy) is 1. The van der Waals surface area contributed by atoms with E-state index in [0.29, 0.717) is 12.8 Å². The first-order valence-corrected chi connectivity index (χ1v) is 5.67. The second-order valence-corrected chi connectivity index (χ2v) is 4.76. The van der Waals surface area contributed by atoms with Gasteiger partial charge in [0, 0.05) is 13.0 Å². The Morgan fingerprint density at radius 3 is 2.24 bits per heavy atom. The lowest BCUT2D eigenvalue weighted by Crippen LogP contribution is -2.52. The van der Waals surface area contributed by atoms with Gasteiger partial charge in [0.05, 0.1) is 13.7 Å². The second kappa shape index (κ2) is 3.92. The molecule has 0 radical (unpaired) electrons. The number of amides is 1. The van der Waals surface area contributed by atoms with Gasteiger partial charge in [0.25, 0.3) is 5.92 Å². The van der Waals surface area contributed by atoms with E-state index >= 15 is 0 Å². The van der Waals surface area contributed by atoms with Crippen molar-refractivity contribution in [1.82, 2.24) is 4.90 Å². The molecule has 0 aromatic rings. The van der Waals surface area contributed by atoms with Gasteiger partial charge in [0.15, 0.2) is 0 Å². The highest BCUT2D eigenvalue weighted by Crippen LogP contribution is 2.45. The number of hydrogen-bond acceptors (Lipinski definition) is 3. The maximum absolute atomic E-state index is 13.0. The number of halogens is 2. The van der Waals surface area contributed by atoms with E-state index in [1.54, 1.807) is 0 Å². The normalized spacial score (nSPS) is 25.2. The smallest absolute Gasteiger partial charge is 0.321 e. The molecular formula is C11H15F2NO3. The van der Waals surface area contributed by atoms with E-state index in [2.05, 4.69) is 4.74 Å². The van der Waals surface area contributed by atoms with Crippen LogP contribution in [0.25, 0.3) is 0 Å². The molecule has 17 heavy (non-hydrogen) atoms. The summed E-state index contributed by atoms with van der Waals surface area (Å²) >= 11 is 0. The van der Waals surface area contributed by atoms with Crippen LogP contribution in [0, 0.1) is 5.41 Å². The van der Waals surface area contributed by atoms with Gasteiger partial charge in [-0.15, -0.1) is 0 Å². The van der Waals surface area contributed by atoms with Gasteiger partial charge in [-0.2, -0.15) is 0 Å². The van der Waals surface area contributed by atoms with Crippen molar-refractivity contribution >= 4 is 11.9 Å². The van der Waals surface area contributed by atoms with Crippen LogP contribution in [0.2, 0.25) is 0 Å². The first kappa shape index (κ1) is 12.3. The zero-order chi connectivity index (χ0) is 12.7. The molecule has 0 atom stereocenters. The van der Waals surface area contributed by atoms with E-state index < -0.39 is 29.8 Å². The van der Waals surface area contributed by atoms with E-state index in [4.69, 9.17) is 0 Å². The molecule has 1 amide bonds. The quantitative estimate of drug-likeness (QED) is 0.544. The predicted molar refractivity (Wildman–Crippen MR) is 54.4 cm³/mol. The van der Waals surface area contributed by atoms with E-state index in [-0.39, 0.29) is 13.0 Å². The van der Waals surface area contributed by atoms with Crippen LogP contribution in [0.5, 0.6) is 0 Å². The third-order valence-corrected chi connectivity index (χ3v) is 3.65. The summed E-state index contributed by atoms with van der Waals surface area (Å²) < 4.78 is 30.7. The lowest BCUT2D eigenvalue weighted by Gasteiger charge is -2.39. The first-order chi connectivity index (χ1) is 7.91. The van der Waals surface area contributed by atoms with Gasteiger partial charge in [-0.25, -0.2) is 8.78 Å². The van der Waals surface area contributed by atoms with Crippen molar-refractivity contribution in [2.75, 3.05) is 20.2 Å². The maximum Gasteiger partial charge on any atom is 0.321 e. The highest BCUT2D eigenvalue weighted by atomic mass is 19.3. The van der Waals surface area contributed by atoms with Crippen LogP contribution >= 0.6 is 0 Å². The average molecular weight is 247 g/mol. The van der Waals surface area contributed by atoms with E-state index in [0.717, 1.165) is 11.3 Å². The Morgan fingerprint density at radius 2 is 1.88 bits per heavy atom. The molecule has 96 valence electrons. The standard InChI is InChI=1S/C11H15F2NO3/c1-17-9(16)10(3-2-4-10)8(15)14-6-5-11(12,13)7-14/h2-7H2,1H3. The first-order valence-electron chi connectivity index (χ1n) is 5.67. The summed E-state index contributed by atoms with van der Waals surface area (Å²) in [4.78, 5) is 24.8.